The van der Waals surface area contributed by atoms with Gasteiger partial charge in [0.05, 0.1) is 0 Å². The van der Waals surface area contributed by atoms with E-state index in [1.54, 1.807) is 0 Å². The first-order valence-electron chi connectivity index (χ1n) is 9.41. The van der Waals surface area contributed by atoms with E-state index in [0.717, 1.165) is 30.0 Å². The fraction of sp³-hybridized carbons (Fsp3) is 0.217. The molecule has 3 aromatic carbocycles. The van der Waals surface area contributed by atoms with Crippen molar-refractivity contribution < 1.29 is 35.8 Å². The Labute approximate surface area is 175 Å². The molecule has 31 heavy (non-hydrogen) atoms. The Morgan fingerprint density at radius 1 is 0.774 bits per heavy atom. The van der Waals surface area contributed by atoms with E-state index in [-0.39, 0.29) is 12.1 Å². The Balaban J connectivity index is 1.67. The zero-order valence-corrected chi connectivity index (χ0v) is 16.4. The van der Waals surface area contributed by atoms with Gasteiger partial charge in [-0.2, -0.15) is 8.78 Å². The average molecular weight is 440 g/mol. The normalized spacial score (nSPS) is 11.5. The first-order chi connectivity index (χ1) is 14.7. The van der Waals surface area contributed by atoms with Crippen molar-refractivity contribution in [3.63, 3.8) is 0 Å². The summed E-state index contributed by atoms with van der Waals surface area (Å²) in [6.45, 7) is 0.627. The van der Waals surface area contributed by atoms with Gasteiger partial charge >= 0.3 is 6.11 Å². The maximum atomic E-state index is 14.3. The number of rotatable bonds is 8. The third kappa shape index (κ3) is 5.71. The quantitative estimate of drug-likeness (QED) is 0.280. The van der Waals surface area contributed by atoms with Gasteiger partial charge in [0.2, 0.25) is 0 Å². The van der Waals surface area contributed by atoms with Gasteiger partial charge in [0.15, 0.2) is 35.6 Å². The van der Waals surface area contributed by atoms with Gasteiger partial charge in [-0.15, -0.1) is 0 Å². The lowest BCUT2D eigenvalue weighted by Gasteiger charge is -2.19. The van der Waals surface area contributed by atoms with Crippen LogP contribution in [-0.4, -0.2) is 12.7 Å². The van der Waals surface area contributed by atoms with Crippen LogP contribution >= 0.6 is 0 Å². The molecule has 0 aliphatic heterocycles. The van der Waals surface area contributed by atoms with Crippen LogP contribution in [0.15, 0.2) is 54.6 Å². The molecule has 3 rings (SSSR count). The maximum absolute atomic E-state index is 14.3. The first kappa shape index (κ1) is 22.5. The molecule has 0 N–H and O–H groups in total. The molecule has 0 bridgehead atoms. The van der Waals surface area contributed by atoms with Crippen molar-refractivity contribution in [3.05, 3.63) is 83.4 Å². The van der Waals surface area contributed by atoms with E-state index in [2.05, 4.69) is 11.7 Å². The van der Waals surface area contributed by atoms with E-state index in [1.165, 1.54) is 12.1 Å². The Kier molecular flexibility index (Phi) is 6.77. The van der Waals surface area contributed by atoms with E-state index in [1.807, 2.05) is 24.3 Å². The van der Waals surface area contributed by atoms with Crippen molar-refractivity contribution >= 4 is 0 Å². The highest BCUT2D eigenvalue weighted by atomic mass is 19.3. The molecule has 3 aromatic rings. The molecule has 2 nitrogen and oxygen atoms in total. The van der Waals surface area contributed by atoms with Gasteiger partial charge in [0.25, 0.3) is 0 Å². The fourth-order valence-electron chi connectivity index (χ4n) is 2.90. The predicted octanol–water partition coefficient (Wildman–Crippen LogP) is 6.91. The van der Waals surface area contributed by atoms with Gasteiger partial charge in [-0.05, 0) is 35.2 Å². The molecule has 0 saturated heterocycles. The molecule has 0 heterocycles. The molecular weight excluding hydrogens is 422 g/mol. The molecule has 0 aliphatic rings. The number of hydrogen-bond acceptors (Lipinski definition) is 2. The maximum Gasteiger partial charge on any atom is 0.433 e. The van der Waals surface area contributed by atoms with Crippen LogP contribution in [0.1, 0.15) is 18.9 Å². The van der Waals surface area contributed by atoms with Crippen molar-refractivity contribution in [1.82, 2.24) is 0 Å². The summed E-state index contributed by atoms with van der Waals surface area (Å²) in [4.78, 5) is 0. The minimum absolute atomic E-state index is 0.271. The van der Waals surface area contributed by atoms with Crippen molar-refractivity contribution in [2.45, 2.75) is 25.9 Å². The largest absolute Gasteiger partial charge is 0.480 e. The second-order valence-corrected chi connectivity index (χ2v) is 6.82. The number of aryl methyl sites for hydroxylation is 1. The van der Waals surface area contributed by atoms with Gasteiger partial charge in [-0.3, -0.25) is 0 Å². The van der Waals surface area contributed by atoms with Crippen molar-refractivity contribution in [2.75, 3.05) is 6.61 Å². The summed E-state index contributed by atoms with van der Waals surface area (Å²) < 4.78 is 90.3. The van der Waals surface area contributed by atoms with Crippen LogP contribution in [-0.2, 0) is 6.42 Å². The number of alkyl halides is 2. The van der Waals surface area contributed by atoms with E-state index in [0.29, 0.717) is 5.56 Å². The lowest BCUT2D eigenvalue weighted by Crippen LogP contribution is -2.32. The van der Waals surface area contributed by atoms with Crippen LogP contribution in [0.3, 0.4) is 0 Å². The van der Waals surface area contributed by atoms with E-state index < -0.39 is 47.5 Å². The zero-order chi connectivity index (χ0) is 22.6. The van der Waals surface area contributed by atoms with Crippen LogP contribution in [0.2, 0.25) is 0 Å². The molecule has 0 saturated carbocycles. The highest BCUT2D eigenvalue weighted by Gasteiger charge is 2.34. The lowest BCUT2D eigenvalue weighted by molar-refractivity contribution is -0.196. The summed E-state index contributed by atoms with van der Waals surface area (Å²) in [6, 6.07) is 11.9. The summed E-state index contributed by atoms with van der Waals surface area (Å²) in [5.41, 5.74) is 2.43. The molecule has 8 heteroatoms. The lowest BCUT2D eigenvalue weighted by atomic mass is 10.0. The molecule has 0 aliphatic carbocycles. The second kappa shape index (κ2) is 9.32. The fourth-order valence-corrected chi connectivity index (χ4v) is 2.90. The number of hydrogen-bond donors (Lipinski definition) is 0. The first-order valence-corrected chi connectivity index (χ1v) is 9.41. The number of ether oxygens (including phenoxy) is 2. The average Bonchev–Trinajstić information content (AvgIpc) is 2.71. The SMILES string of the molecule is CCCc1ccc(-c2ccc(OCC(F)(F)Oc3cc(F)c(F)c(F)c3)c(F)c2)cc1. The molecular formula is C23H18F6O2. The highest BCUT2D eigenvalue weighted by molar-refractivity contribution is 5.64. The van der Waals surface area contributed by atoms with Crippen molar-refractivity contribution in [2.24, 2.45) is 0 Å². The Hall–Kier alpha value is -3.16. The van der Waals surface area contributed by atoms with Crippen LogP contribution in [0.5, 0.6) is 11.5 Å². The van der Waals surface area contributed by atoms with Crippen molar-refractivity contribution in [1.29, 1.82) is 0 Å². The van der Waals surface area contributed by atoms with E-state index in [4.69, 9.17) is 4.74 Å². The third-order valence-electron chi connectivity index (χ3n) is 4.38. The van der Waals surface area contributed by atoms with Crippen LogP contribution in [0, 0.1) is 23.3 Å². The van der Waals surface area contributed by atoms with Crippen molar-refractivity contribution in [3.8, 4) is 22.6 Å². The van der Waals surface area contributed by atoms with E-state index in [9.17, 15) is 26.3 Å². The molecule has 0 amide bonds. The molecule has 0 unspecified atom stereocenters. The van der Waals surface area contributed by atoms with Gasteiger partial charge in [-0.1, -0.05) is 43.7 Å². The summed E-state index contributed by atoms with van der Waals surface area (Å²) in [7, 11) is 0. The summed E-state index contributed by atoms with van der Waals surface area (Å²) in [6.07, 6.45) is -2.13. The Bertz CT molecular complexity index is 1030. The van der Waals surface area contributed by atoms with Gasteiger partial charge in [0, 0.05) is 12.1 Å². The smallest absolute Gasteiger partial charge is 0.433 e. The molecule has 0 radical (unpaired) electrons. The van der Waals surface area contributed by atoms with Crippen LogP contribution in [0.25, 0.3) is 11.1 Å². The molecule has 0 spiro atoms. The summed E-state index contributed by atoms with van der Waals surface area (Å²) >= 11 is 0. The summed E-state index contributed by atoms with van der Waals surface area (Å²) in [5, 5.41) is 0. The molecule has 0 atom stereocenters. The van der Waals surface area contributed by atoms with Gasteiger partial charge in [-0.25, -0.2) is 17.6 Å². The van der Waals surface area contributed by atoms with E-state index >= 15 is 0 Å². The van der Waals surface area contributed by atoms with Gasteiger partial charge < -0.3 is 9.47 Å². The Morgan fingerprint density at radius 3 is 1.97 bits per heavy atom. The minimum Gasteiger partial charge on any atom is -0.480 e. The monoisotopic (exact) mass is 440 g/mol. The van der Waals surface area contributed by atoms with Crippen LogP contribution < -0.4 is 9.47 Å². The minimum atomic E-state index is -4.06. The standard InChI is InChI=1S/C23H18F6O2/c1-2-3-14-4-6-15(7-5-14)16-8-9-21(18(24)10-16)30-13-23(28,29)31-17-11-19(25)22(27)20(26)12-17/h4-12H,2-3,13H2,1H3. The molecule has 0 fully saturated rings. The second-order valence-electron chi connectivity index (χ2n) is 6.82. The topological polar surface area (TPSA) is 18.5 Å². The van der Waals surface area contributed by atoms with Gasteiger partial charge in [0.1, 0.15) is 5.75 Å². The number of halogens is 6. The molecule has 164 valence electrons. The zero-order valence-electron chi connectivity index (χ0n) is 16.4. The summed E-state index contributed by atoms with van der Waals surface area (Å²) in [5.74, 6) is -7.44. The highest BCUT2D eigenvalue weighted by Crippen LogP contribution is 2.29. The molecule has 0 aromatic heterocycles. The Morgan fingerprint density at radius 2 is 1.39 bits per heavy atom. The number of benzene rings is 3. The van der Waals surface area contributed by atoms with Crippen LogP contribution in [0.4, 0.5) is 26.3 Å². The third-order valence-corrected chi connectivity index (χ3v) is 4.38. The predicted molar refractivity (Wildman–Crippen MR) is 103 cm³/mol.